The number of nitrogens with one attached hydrogen (secondary N) is 4. The van der Waals surface area contributed by atoms with E-state index in [-0.39, 0.29) is 16.9 Å². The van der Waals surface area contributed by atoms with Crippen LogP contribution < -0.4 is 40.2 Å². The number of hydrogen-bond donors (Lipinski definition) is 5. The van der Waals surface area contributed by atoms with Gasteiger partial charge >= 0.3 is 6.03 Å². The van der Waals surface area contributed by atoms with E-state index in [0.29, 0.717) is 51.6 Å². The molecule has 5 aromatic rings. The number of fused-ring (bicyclic) bond motifs is 1. The summed E-state index contributed by atoms with van der Waals surface area (Å²) >= 11 is 0. The van der Waals surface area contributed by atoms with Crippen LogP contribution in [0.5, 0.6) is 23.0 Å². The Bertz CT molecular complexity index is 2150. The van der Waals surface area contributed by atoms with Gasteiger partial charge in [-0.3, -0.25) is 4.57 Å². The van der Waals surface area contributed by atoms with Gasteiger partial charge in [0.15, 0.2) is 5.75 Å². The summed E-state index contributed by atoms with van der Waals surface area (Å²) in [4.78, 5) is 28.2. The van der Waals surface area contributed by atoms with Gasteiger partial charge in [-0.05, 0) is 53.4 Å². The number of amides is 2. The lowest BCUT2D eigenvalue weighted by atomic mass is 9.86. The molecule has 2 atom stereocenters. The minimum atomic E-state index is -3.53. The molecular weight excluding hydrogens is 689 g/mol. The van der Waals surface area contributed by atoms with Crippen molar-refractivity contribution in [1.29, 1.82) is 0 Å². The van der Waals surface area contributed by atoms with Crippen LogP contribution in [-0.2, 0) is 21.0 Å². The SMILES string of the molecule is CCP(=O)(O)c1ccc(Nc2cc(Oc3ccc(NC(=O)Nc4cc(C(C)(C)C)cc(NS(C)=O)c4OC)c4ccccc34)ccn2)cc1OC. The Balaban J connectivity index is 1.37. The monoisotopic (exact) mass is 731 g/mol. The van der Waals surface area contributed by atoms with Crippen LogP contribution in [0.4, 0.5) is 33.4 Å². The van der Waals surface area contributed by atoms with E-state index in [1.54, 1.807) is 55.6 Å². The molecule has 0 aliphatic carbocycles. The van der Waals surface area contributed by atoms with E-state index in [2.05, 4.69) is 25.7 Å². The van der Waals surface area contributed by atoms with Crippen molar-refractivity contribution in [3.63, 3.8) is 0 Å². The Labute approximate surface area is 300 Å². The molecule has 2 unspecified atom stereocenters. The van der Waals surface area contributed by atoms with Crippen LogP contribution in [0, 0.1) is 0 Å². The van der Waals surface area contributed by atoms with Gasteiger partial charge in [-0.2, -0.15) is 0 Å². The fourth-order valence-corrected chi connectivity index (χ4v) is 6.99. The zero-order valence-corrected chi connectivity index (χ0v) is 31.2. The third-order valence-electron chi connectivity index (χ3n) is 8.01. The first kappa shape index (κ1) is 37.2. The average molecular weight is 732 g/mol. The standard InChI is InChI=1S/C37H42N5O7PS/c1-8-50(44,45)33-16-13-24(21-32(33)47-5)39-34-22-25(17-18-38-34)49-31-15-14-28(26-11-9-10-12-27(26)31)40-36(43)41-29-19-23(37(2,3)4)20-30(35(29)48-6)42-51(7)46/h9-22,42H,8H2,1-7H3,(H,38,39)(H,44,45)(H2,40,41,43). The van der Waals surface area contributed by atoms with Crippen molar-refractivity contribution >= 4 is 69.0 Å². The predicted molar refractivity (Wildman–Crippen MR) is 207 cm³/mol. The van der Waals surface area contributed by atoms with E-state index >= 15 is 0 Å². The van der Waals surface area contributed by atoms with Crippen molar-refractivity contribution in [3.8, 4) is 23.0 Å². The molecule has 0 saturated carbocycles. The van der Waals surface area contributed by atoms with Gasteiger partial charge in [-0.15, -0.1) is 0 Å². The lowest BCUT2D eigenvalue weighted by molar-refractivity contribution is 0.262. The topological polar surface area (TPSA) is 160 Å². The highest BCUT2D eigenvalue weighted by atomic mass is 32.2. The van der Waals surface area contributed by atoms with Crippen LogP contribution in [0.15, 0.2) is 85.1 Å². The molecule has 0 radical (unpaired) electrons. The summed E-state index contributed by atoms with van der Waals surface area (Å²) < 4.78 is 44.9. The normalized spacial score (nSPS) is 13.1. The molecule has 0 spiro atoms. The Hall–Kier alpha value is -5.10. The zero-order chi connectivity index (χ0) is 36.9. The van der Waals surface area contributed by atoms with Crippen LogP contribution in [0.2, 0.25) is 0 Å². The summed E-state index contributed by atoms with van der Waals surface area (Å²) in [6, 6.07) is 22.7. The highest BCUT2D eigenvalue weighted by molar-refractivity contribution is 7.85. The maximum Gasteiger partial charge on any atom is 0.323 e. The maximum atomic E-state index is 13.4. The molecule has 268 valence electrons. The number of carbonyl (C=O) groups excluding carboxylic acids is 1. The summed E-state index contributed by atoms with van der Waals surface area (Å²) in [5.41, 5.74) is 2.75. The van der Waals surface area contributed by atoms with Crippen LogP contribution in [0.25, 0.3) is 10.8 Å². The second-order valence-electron chi connectivity index (χ2n) is 12.7. The van der Waals surface area contributed by atoms with Crippen LogP contribution in [0.1, 0.15) is 33.3 Å². The molecule has 4 aromatic carbocycles. The lowest BCUT2D eigenvalue weighted by Gasteiger charge is -2.24. The number of rotatable bonds is 12. The molecule has 0 bridgehead atoms. The molecule has 0 saturated heterocycles. The van der Waals surface area contributed by atoms with E-state index in [4.69, 9.17) is 14.2 Å². The Morgan fingerprint density at radius 3 is 2.25 bits per heavy atom. The number of anilines is 5. The zero-order valence-electron chi connectivity index (χ0n) is 29.5. The van der Waals surface area contributed by atoms with Crippen molar-refractivity contribution in [3.05, 3.63) is 90.6 Å². The molecule has 14 heteroatoms. The smallest absolute Gasteiger partial charge is 0.323 e. The molecule has 0 aliphatic heterocycles. The summed E-state index contributed by atoms with van der Waals surface area (Å²) in [7, 11) is -1.94. The molecule has 0 fully saturated rings. The number of benzene rings is 4. The number of nitrogens with zero attached hydrogens (tertiary/aromatic N) is 1. The van der Waals surface area contributed by atoms with Gasteiger partial charge in [0.25, 0.3) is 0 Å². The number of pyridine rings is 1. The average Bonchev–Trinajstić information content (AvgIpc) is 3.08. The van der Waals surface area contributed by atoms with E-state index in [9.17, 15) is 18.5 Å². The molecular formula is C37H42N5O7PS. The van der Waals surface area contributed by atoms with Gasteiger partial charge in [0.1, 0.15) is 34.1 Å². The van der Waals surface area contributed by atoms with Gasteiger partial charge < -0.3 is 39.8 Å². The van der Waals surface area contributed by atoms with E-state index in [1.165, 1.54) is 20.5 Å². The van der Waals surface area contributed by atoms with Crippen LogP contribution >= 0.6 is 7.37 Å². The Kier molecular flexibility index (Phi) is 11.2. The molecule has 5 N–H and O–H groups in total. The van der Waals surface area contributed by atoms with Crippen molar-refractivity contribution < 1.29 is 32.7 Å². The number of urea groups is 1. The minimum Gasteiger partial charge on any atom is -0.496 e. The number of methoxy groups -OCH3 is 2. The first-order valence-corrected chi connectivity index (χ1v) is 19.5. The summed E-state index contributed by atoms with van der Waals surface area (Å²) in [5, 5.41) is 10.8. The molecule has 1 aromatic heterocycles. The predicted octanol–water partition coefficient (Wildman–Crippen LogP) is 8.35. The summed E-state index contributed by atoms with van der Waals surface area (Å²) in [6.45, 7) is 7.80. The van der Waals surface area contributed by atoms with Gasteiger partial charge in [0.2, 0.25) is 7.37 Å². The summed E-state index contributed by atoms with van der Waals surface area (Å²) in [6.07, 6.45) is 3.23. The summed E-state index contributed by atoms with van der Waals surface area (Å²) in [5.74, 6) is 2.22. The highest BCUT2D eigenvalue weighted by Crippen LogP contribution is 2.43. The van der Waals surface area contributed by atoms with Crippen molar-refractivity contribution in [2.24, 2.45) is 0 Å². The third-order valence-corrected chi connectivity index (χ3v) is 10.5. The molecule has 0 aliphatic rings. The fourth-order valence-electron chi connectivity index (χ4n) is 5.38. The number of carbonyl (C=O) groups is 1. The van der Waals surface area contributed by atoms with Crippen molar-refractivity contribution in [2.45, 2.75) is 33.1 Å². The third kappa shape index (κ3) is 8.80. The van der Waals surface area contributed by atoms with Gasteiger partial charge in [-0.25, -0.2) is 14.0 Å². The van der Waals surface area contributed by atoms with Crippen LogP contribution in [0.3, 0.4) is 0 Å². The van der Waals surface area contributed by atoms with Gasteiger partial charge in [0, 0.05) is 47.2 Å². The molecule has 5 rings (SSSR count). The molecule has 12 nitrogen and oxygen atoms in total. The molecule has 2 amide bonds. The largest absolute Gasteiger partial charge is 0.496 e. The maximum absolute atomic E-state index is 13.4. The van der Waals surface area contributed by atoms with Gasteiger partial charge in [0.05, 0.1) is 36.6 Å². The highest BCUT2D eigenvalue weighted by Gasteiger charge is 2.24. The Morgan fingerprint density at radius 1 is 0.882 bits per heavy atom. The second kappa shape index (κ2) is 15.4. The molecule has 1 heterocycles. The minimum absolute atomic E-state index is 0.0973. The second-order valence-corrected chi connectivity index (χ2v) is 16.3. The number of aromatic nitrogens is 1. The number of hydrogen-bond acceptors (Lipinski definition) is 8. The fraction of sp³-hybridized carbons (Fsp3) is 0.243. The van der Waals surface area contributed by atoms with Crippen molar-refractivity contribution in [1.82, 2.24) is 4.98 Å². The van der Waals surface area contributed by atoms with E-state index in [0.717, 1.165) is 16.3 Å². The lowest BCUT2D eigenvalue weighted by Crippen LogP contribution is -2.21. The van der Waals surface area contributed by atoms with Crippen LogP contribution in [-0.4, -0.2) is 46.8 Å². The Morgan fingerprint density at radius 2 is 1.59 bits per heavy atom. The first-order chi connectivity index (χ1) is 24.2. The molecule has 51 heavy (non-hydrogen) atoms. The first-order valence-electron chi connectivity index (χ1n) is 16.1. The number of ether oxygens (including phenoxy) is 3. The quantitative estimate of drug-likeness (QED) is 0.0795. The van der Waals surface area contributed by atoms with Crippen molar-refractivity contribution in [2.75, 3.05) is 47.3 Å². The van der Waals surface area contributed by atoms with E-state index in [1.807, 2.05) is 57.2 Å². The van der Waals surface area contributed by atoms with Gasteiger partial charge in [-0.1, -0.05) is 52.0 Å². The van der Waals surface area contributed by atoms with E-state index < -0.39 is 24.4 Å².